The van der Waals surface area contributed by atoms with Gasteiger partial charge in [-0.2, -0.15) is 4.98 Å². The molecule has 21 heavy (non-hydrogen) atoms. The molecule has 0 amide bonds. The van der Waals surface area contributed by atoms with Crippen LogP contribution < -0.4 is 0 Å². The van der Waals surface area contributed by atoms with Crippen LogP contribution in [0.3, 0.4) is 0 Å². The molecule has 0 aliphatic carbocycles. The van der Waals surface area contributed by atoms with Gasteiger partial charge < -0.3 is 9.63 Å². The smallest absolute Gasteiger partial charge is 0.262 e. The van der Waals surface area contributed by atoms with E-state index >= 15 is 0 Å². The van der Waals surface area contributed by atoms with E-state index in [0.717, 1.165) is 3.57 Å². The van der Waals surface area contributed by atoms with Crippen molar-refractivity contribution in [2.45, 2.75) is 6.92 Å². The summed E-state index contributed by atoms with van der Waals surface area (Å²) in [7, 11) is 0. The van der Waals surface area contributed by atoms with Gasteiger partial charge in [0.25, 0.3) is 5.89 Å². The van der Waals surface area contributed by atoms with Crippen LogP contribution in [0.5, 0.6) is 5.75 Å². The van der Waals surface area contributed by atoms with E-state index in [1.807, 2.05) is 0 Å². The molecule has 0 spiro atoms. The number of aryl methyl sites for hydroxylation is 1. The molecule has 0 saturated carbocycles. The predicted octanol–water partition coefficient (Wildman–Crippen LogP) is 4.16. The largest absolute Gasteiger partial charge is 0.507 e. The lowest BCUT2D eigenvalue weighted by molar-refractivity contribution is 0.425. The van der Waals surface area contributed by atoms with Gasteiger partial charge in [-0.25, -0.2) is 4.39 Å². The lowest BCUT2D eigenvalue weighted by atomic mass is 10.1. The second-order valence-electron chi connectivity index (χ2n) is 4.54. The molecule has 1 aromatic heterocycles. The number of benzene rings is 2. The standard InChI is InChI=1S/C15H10FIN2O2/c1-8-6-9(16)2-4-11(8)14-18-15(21-19-14)12-7-10(17)3-5-13(12)20/h2-7,20H,1H3. The summed E-state index contributed by atoms with van der Waals surface area (Å²) < 4.78 is 19.3. The summed E-state index contributed by atoms with van der Waals surface area (Å²) in [6, 6.07) is 9.47. The molecule has 6 heteroatoms. The first-order valence-corrected chi connectivity index (χ1v) is 7.21. The Morgan fingerprint density at radius 1 is 1.14 bits per heavy atom. The molecule has 0 unspecified atom stereocenters. The molecule has 3 rings (SSSR count). The first-order chi connectivity index (χ1) is 10.0. The van der Waals surface area contributed by atoms with Crippen molar-refractivity contribution in [2.75, 3.05) is 0 Å². The molecule has 1 N–H and O–H groups in total. The van der Waals surface area contributed by atoms with Crippen LogP contribution in [-0.2, 0) is 0 Å². The summed E-state index contributed by atoms with van der Waals surface area (Å²) in [6.45, 7) is 1.78. The lowest BCUT2D eigenvalue weighted by Crippen LogP contribution is -1.87. The SMILES string of the molecule is Cc1cc(F)ccc1-c1noc(-c2cc(I)ccc2O)n1. The Balaban J connectivity index is 2.06. The van der Waals surface area contributed by atoms with Gasteiger partial charge in [0.1, 0.15) is 11.6 Å². The molecule has 2 aromatic carbocycles. The number of hydrogen-bond donors (Lipinski definition) is 1. The minimum absolute atomic E-state index is 0.0708. The van der Waals surface area contributed by atoms with E-state index in [1.165, 1.54) is 12.1 Å². The maximum absolute atomic E-state index is 13.1. The van der Waals surface area contributed by atoms with E-state index in [2.05, 4.69) is 32.7 Å². The number of aromatic hydroxyl groups is 1. The van der Waals surface area contributed by atoms with Crippen LogP contribution in [0.4, 0.5) is 4.39 Å². The molecule has 0 bridgehead atoms. The van der Waals surface area contributed by atoms with Crippen LogP contribution in [0.25, 0.3) is 22.8 Å². The van der Waals surface area contributed by atoms with E-state index in [1.54, 1.807) is 31.2 Å². The molecule has 3 aromatic rings. The monoisotopic (exact) mass is 396 g/mol. The predicted molar refractivity (Wildman–Crippen MR) is 84.2 cm³/mol. The maximum atomic E-state index is 13.1. The van der Waals surface area contributed by atoms with Crippen LogP contribution in [0.2, 0.25) is 0 Å². The zero-order chi connectivity index (χ0) is 15.0. The normalized spacial score (nSPS) is 10.8. The highest BCUT2D eigenvalue weighted by atomic mass is 127. The summed E-state index contributed by atoms with van der Waals surface area (Å²) >= 11 is 2.13. The van der Waals surface area contributed by atoms with E-state index in [-0.39, 0.29) is 17.5 Å². The minimum atomic E-state index is -0.310. The number of phenols is 1. The van der Waals surface area contributed by atoms with Gasteiger partial charge in [-0.1, -0.05) is 5.16 Å². The van der Waals surface area contributed by atoms with Gasteiger partial charge in [-0.15, -0.1) is 0 Å². The molecule has 106 valence electrons. The molecule has 0 saturated heterocycles. The summed E-state index contributed by atoms with van der Waals surface area (Å²) in [5.41, 5.74) is 1.88. The van der Waals surface area contributed by atoms with Crippen LogP contribution in [-0.4, -0.2) is 15.2 Å². The Labute approximate surface area is 133 Å². The Kier molecular flexibility index (Phi) is 3.62. The van der Waals surface area contributed by atoms with Gasteiger partial charge in [-0.3, -0.25) is 0 Å². The van der Waals surface area contributed by atoms with Gasteiger partial charge in [-0.05, 0) is 71.5 Å². The fraction of sp³-hybridized carbons (Fsp3) is 0.0667. The lowest BCUT2D eigenvalue weighted by Gasteiger charge is -2.00. The van der Waals surface area contributed by atoms with Crippen molar-refractivity contribution in [3.63, 3.8) is 0 Å². The Morgan fingerprint density at radius 3 is 2.71 bits per heavy atom. The zero-order valence-electron chi connectivity index (χ0n) is 11.0. The van der Waals surface area contributed by atoms with Crippen LogP contribution in [0.15, 0.2) is 40.9 Å². The molecule has 4 nitrogen and oxygen atoms in total. The summed E-state index contributed by atoms with van der Waals surface area (Å²) in [6.07, 6.45) is 0. The van der Waals surface area contributed by atoms with Crippen LogP contribution >= 0.6 is 22.6 Å². The molecule has 0 atom stereocenters. The van der Waals surface area contributed by atoms with Crippen molar-refractivity contribution in [3.8, 4) is 28.6 Å². The van der Waals surface area contributed by atoms with Gasteiger partial charge >= 0.3 is 0 Å². The third-order valence-corrected chi connectivity index (χ3v) is 3.72. The third kappa shape index (κ3) is 2.76. The second-order valence-corrected chi connectivity index (χ2v) is 5.79. The number of halogens is 2. The Hall–Kier alpha value is -1.96. The van der Waals surface area contributed by atoms with Crippen LogP contribution in [0.1, 0.15) is 5.56 Å². The van der Waals surface area contributed by atoms with E-state index in [9.17, 15) is 9.50 Å². The number of nitrogens with zero attached hydrogens (tertiary/aromatic N) is 2. The fourth-order valence-corrected chi connectivity index (χ4v) is 2.49. The number of hydrogen-bond acceptors (Lipinski definition) is 4. The maximum Gasteiger partial charge on any atom is 0.262 e. The van der Waals surface area contributed by atoms with Gasteiger partial charge in [0.05, 0.1) is 5.56 Å². The van der Waals surface area contributed by atoms with Crippen molar-refractivity contribution < 1.29 is 14.0 Å². The van der Waals surface area contributed by atoms with Crippen molar-refractivity contribution in [3.05, 3.63) is 51.3 Å². The molecule has 0 aliphatic rings. The highest BCUT2D eigenvalue weighted by Gasteiger charge is 2.15. The fourth-order valence-electron chi connectivity index (χ4n) is 2.00. The van der Waals surface area contributed by atoms with Gasteiger partial charge in [0, 0.05) is 9.13 Å². The first kappa shape index (κ1) is 14.0. The van der Waals surface area contributed by atoms with Gasteiger partial charge in [0.2, 0.25) is 5.82 Å². The summed E-state index contributed by atoms with van der Waals surface area (Å²) in [4.78, 5) is 4.28. The number of aromatic nitrogens is 2. The number of phenolic OH excluding ortho intramolecular Hbond substituents is 1. The average Bonchev–Trinajstić information content (AvgIpc) is 2.91. The third-order valence-electron chi connectivity index (χ3n) is 3.04. The van der Waals surface area contributed by atoms with Gasteiger partial charge in [0.15, 0.2) is 0 Å². The van der Waals surface area contributed by atoms with E-state index in [0.29, 0.717) is 22.5 Å². The van der Waals surface area contributed by atoms with Crippen LogP contribution in [0, 0.1) is 16.3 Å². The van der Waals surface area contributed by atoms with E-state index in [4.69, 9.17) is 4.52 Å². The minimum Gasteiger partial charge on any atom is -0.507 e. The second kappa shape index (κ2) is 5.44. The highest BCUT2D eigenvalue weighted by molar-refractivity contribution is 14.1. The summed E-state index contributed by atoms with van der Waals surface area (Å²) in [5.74, 6) is 0.349. The first-order valence-electron chi connectivity index (χ1n) is 6.14. The van der Waals surface area contributed by atoms with E-state index < -0.39 is 0 Å². The summed E-state index contributed by atoms with van der Waals surface area (Å²) in [5, 5.41) is 13.8. The van der Waals surface area contributed by atoms with Crippen molar-refractivity contribution in [1.82, 2.24) is 10.1 Å². The highest BCUT2D eigenvalue weighted by Crippen LogP contribution is 2.31. The Morgan fingerprint density at radius 2 is 1.95 bits per heavy atom. The average molecular weight is 396 g/mol. The topological polar surface area (TPSA) is 59.2 Å². The van der Waals surface area contributed by atoms with Crippen molar-refractivity contribution >= 4 is 22.6 Å². The molecule has 0 aliphatic heterocycles. The molecule has 1 heterocycles. The zero-order valence-corrected chi connectivity index (χ0v) is 13.1. The Bertz CT molecular complexity index is 817. The molecular formula is C15H10FIN2O2. The van der Waals surface area contributed by atoms with Crippen molar-refractivity contribution in [1.29, 1.82) is 0 Å². The molecular weight excluding hydrogens is 386 g/mol. The quantitative estimate of drug-likeness (QED) is 0.661. The molecule has 0 fully saturated rings. The van der Waals surface area contributed by atoms with Crippen molar-refractivity contribution in [2.24, 2.45) is 0 Å². The molecule has 0 radical (unpaired) electrons. The number of rotatable bonds is 2.